The summed E-state index contributed by atoms with van der Waals surface area (Å²) >= 11 is 5.82. The highest BCUT2D eigenvalue weighted by Gasteiger charge is 2.18. The zero-order valence-corrected chi connectivity index (χ0v) is 13.2. The smallest absolute Gasteiger partial charge is 0.325 e. The number of aryl methyl sites for hydroxylation is 1. The number of carboxylic acid groups (broad SMARTS) is 1. The molecule has 0 heterocycles. The van der Waals surface area contributed by atoms with E-state index in [0.717, 1.165) is 12.0 Å². The van der Waals surface area contributed by atoms with E-state index in [4.69, 9.17) is 21.8 Å². The van der Waals surface area contributed by atoms with Crippen molar-refractivity contribution in [3.8, 4) is 0 Å². The number of hydrogen-bond acceptors (Lipinski definition) is 3. The predicted molar refractivity (Wildman–Crippen MR) is 84.1 cm³/mol. The van der Waals surface area contributed by atoms with E-state index in [1.165, 1.54) is 11.8 Å². The van der Waals surface area contributed by atoms with Gasteiger partial charge in [-0.3, -0.25) is 4.79 Å². The molecule has 2 amide bonds. The van der Waals surface area contributed by atoms with Crippen LogP contribution >= 0.6 is 11.6 Å². The fourth-order valence-electron chi connectivity index (χ4n) is 1.90. The molecule has 0 saturated heterocycles. The van der Waals surface area contributed by atoms with Gasteiger partial charge in [-0.1, -0.05) is 23.7 Å². The average Bonchev–Trinajstić information content (AvgIpc) is 2.48. The number of benzene rings is 1. The molecule has 6 nitrogen and oxygen atoms in total. The Labute approximate surface area is 134 Å². The highest BCUT2D eigenvalue weighted by Crippen LogP contribution is 2.11. The molecule has 1 aromatic rings. The van der Waals surface area contributed by atoms with Crippen molar-refractivity contribution in [1.82, 2.24) is 10.2 Å². The SMILES string of the molecule is C[C@H](NC(=O)N(CCO)CCCc1ccc(Cl)cc1)C(=O)O. The maximum atomic E-state index is 12.0. The summed E-state index contributed by atoms with van der Waals surface area (Å²) in [6.07, 6.45) is 1.47. The fraction of sp³-hybridized carbons (Fsp3) is 0.467. The van der Waals surface area contributed by atoms with E-state index in [-0.39, 0.29) is 13.2 Å². The number of nitrogens with one attached hydrogen (secondary N) is 1. The van der Waals surface area contributed by atoms with E-state index < -0.39 is 18.0 Å². The number of carbonyl (C=O) groups is 2. The number of aliphatic hydroxyl groups is 1. The molecule has 0 aromatic heterocycles. The summed E-state index contributed by atoms with van der Waals surface area (Å²) in [6, 6.07) is 6.01. The Kier molecular flexibility index (Phi) is 7.70. The molecule has 0 aliphatic heterocycles. The first-order chi connectivity index (χ1) is 10.4. The van der Waals surface area contributed by atoms with Crippen molar-refractivity contribution in [2.45, 2.75) is 25.8 Å². The third-order valence-corrected chi connectivity index (χ3v) is 3.43. The first-order valence-corrected chi connectivity index (χ1v) is 7.45. The molecule has 3 N–H and O–H groups in total. The van der Waals surface area contributed by atoms with Gasteiger partial charge >= 0.3 is 12.0 Å². The molecule has 0 spiro atoms. The van der Waals surface area contributed by atoms with Gasteiger partial charge in [-0.15, -0.1) is 0 Å². The average molecular weight is 329 g/mol. The predicted octanol–water partition coefficient (Wildman–Crippen LogP) is 1.75. The molecule has 0 fully saturated rings. The lowest BCUT2D eigenvalue weighted by Gasteiger charge is -2.23. The molecule has 0 radical (unpaired) electrons. The summed E-state index contributed by atoms with van der Waals surface area (Å²) in [5, 5.41) is 20.9. The molecule has 0 saturated carbocycles. The topological polar surface area (TPSA) is 89.9 Å². The second-order valence-corrected chi connectivity index (χ2v) is 5.39. The lowest BCUT2D eigenvalue weighted by molar-refractivity contribution is -0.138. The van der Waals surface area contributed by atoms with Crippen molar-refractivity contribution in [1.29, 1.82) is 0 Å². The number of hydrogen-bond donors (Lipinski definition) is 3. The van der Waals surface area contributed by atoms with Crippen LogP contribution in [0, 0.1) is 0 Å². The monoisotopic (exact) mass is 328 g/mol. The van der Waals surface area contributed by atoms with E-state index in [1.807, 2.05) is 24.3 Å². The third-order valence-electron chi connectivity index (χ3n) is 3.17. The van der Waals surface area contributed by atoms with E-state index >= 15 is 0 Å². The number of carboxylic acids is 1. The van der Waals surface area contributed by atoms with Crippen LogP contribution in [0.4, 0.5) is 4.79 Å². The van der Waals surface area contributed by atoms with Crippen molar-refractivity contribution >= 4 is 23.6 Å². The van der Waals surface area contributed by atoms with Crippen LogP contribution < -0.4 is 5.32 Å². The second-order valence-electron chi connectivity index (χ2n) is 4.95. The molecule has 22 heavy (non-hydrogen) atoms. The summed E-state index contributed by atoms with van der Waals surface area (Å²) in [7, 11) is 0. The first kappa shape index (κ1) is 18.3. The molecule has 0 unspecified atom stereocenters. The number of aliphatic hydroxyl groups excluding tert-OH is 1. The summed E-state index contributed by atoms with van der Waals surface area (Å²) < 4.78 is 0. The molecule has 1 atom stereocenters. The molecule has 0 aliphatic rings. The Morgan fingerprint density at radius 1 is 1.27 bits per heavy atom. The zero-order chi connectivity index (χ0) is 16.5. The molecule has 7 heteroatoms. The largest absolute Gasteiger partial charge is 0.480 e. The highest BCUT2D eigenvalue weighted by atomic mass is 35.5. The minimum absolute atomic E-state index is 0.165. The molecular formula is C15H21ClN2O4. The van der Waals surface area contributed by atoms with Crippen LogP contribution in [-0.2, 0) is 11.2 Å². The van der Waals surface area contributed by atoms with E-state index in [0.29, 0.717) is 18.0 Å². The Balaban J connectivity index is 2.47. The van der Waals surface area contributed by atoms with E-state index in [9.17, 15) is 9.59 Å². The van der Waals surface area contributed by atoms with Crippen molar-refractivity contribution in [2.24, 2.45) is 0 Å². The number of nitrogens with zero attached hydrogens (tertiary/aromatic N) is 1. The summed E-state index contributed by atoms with van der Waals surface area (Å²) in [5.41, 5.74) is 1.10. The van der Waals surface area contributed by atoms with Crippen LogP contribution in [-0.4, -0.2) is 52.9 Å². The number of rotatable bonds is 8. The van der Waals surface area contributed by atoms with E-state index in [2.05, 4.69) is 5.32 Å². The second kappa shape index (κ2) is 9.27. The Morgan fingerprint density at radius 2 is 1.91 bits per heavy atom. The van der Waals surface area contributed by atoms with Gasteiger partial charge in [0.1, 0.15) is 6.04 Å². The quantitative estimate of drug-likeness (QED) is 0.678. The maximum absolute atomic E-state index is 12.0. The van der Waals surface area contributed by atoms with Gasteiger partial charge in [-0.2, -0.15) is 0 Å². The Hall–Kier alpha value is -1.79. The van der Waals surface area contributed by atoms with Crippen LogP contribution in [0.3, 0.4) is 0 Å². The van der Waals surface area contributed by atoms with E-state index in [1.54, 1.807) is 0 Å². The number of urea groups is 1. The lowest BCUT2D eigenvalue weighted by atomic mass is 10.1. The van der Waals surface area contributed by atoms with Crippen LogP contribution in [0.15, 0.2) is 24.3 Å². The number of carbonyl (C=O) groups excluding carboxylic acids is 1. The molecule has 1 rings (SSSR count). The fourth-order valence-corrected chi connectivity index (χ4v) is 2.02. The van der Waals surface area contributed by atoms with Gasteiger partial charge in [-0.05, 0) is 37.5 Å². The molecule has 122 valence electrons. The van der Waals surface area contributed by atoms with Gasteiger partial charge in [0.2, 0.25) is 0 Å². The van der Waals surface area contributed by atoms with Gasteiger partial charge in [0.25, 0.3) is 0 Å². The summed E-state index contributed by atoms with van der Waals surface area (Å²) in [6.45, 7) is 1.82. The van der Waals surface area contributed by atoms with Crippen LogP contribution in [0.25, 0.3) is 0 Å². The minimum Gasteiger partial charge on any atom is -0.480 e. The molecule has 1 aromatic carbocycles. The van der Waals surface area contributed by atoms with Gasteiger partial charge < -0.3 is 20.4 Å². The van der Waals surface area contributed by atoms with Gasteiger partial charge in [-0.25, -0.2) is 4.79 Å². The minimum atomic E-state index is -1.10. The number of aliphatic carboxylic acids is 1. The molecular weight excluding hydrogens is 308 g/mol. The number of halogens is 1. The lowest BCUT2D eigenvalue weighted by Crippen LogP contribution is -2.47. The van der Waals surface area contributed by atoms with Crippen molar-refractivity contribution < 1.29 is 19.8 Å². The third kappa shape index (κ3) is 6.32. The summed E-state index contributed by atoms with van der Waals surface area (Å²) in [5.74, 6) is -1.10. The van der Waals surface area contributed by atoms with Crippen molar-refractivity contribution in [3.05, 3.63) is 34.9 Å². The van der Waals surface area contributed by atoms with Crippen molar-refractivity contribution in [2.75, 3.05) is 19.7 Å². The molecule has 0 aliphatic carbocycles. The van der Waals surface area contributed by atoms with Gasteiger partial charge in [0.15, 0.2) is 0 Å². The van der Waals surface area contributed by atoms with Gasteiger partial charge in [0.05, 0.1) is 6.61 Å². The zero-order valence-electron chi connectivity index (χ0n) is 12.5. The van der Waals surface area contributed by atoms with Crippen molar-refractivity contribution in [3.63, 3.8) is 0 Å². The van der Waals surface area contributed by atoms with Crippen LogP contribution in [0.1, 0.15) is 18.9 Å². The summed E-state index contributed by atoms with van der Waals surface area (Å²) in [4.78, 5) is 24.1. The first-order valence-electron chi connectivity index (χ1n) is 7.07. The number of amides is 2. The van der Waals surface area contributed by atoms with Crippen LogP contribution in [0.2, 0.25) is 5.02 Å². The Bertz CT molecular complexity index is 493. The normalized spacial score (nSPS) is 11.8. The molecule has 0 bridgehead atoms. The Morgan fingerprint density at radius 3 is 2.45 bits per heavy atom. The van der Waals surface area contributed by atoms with Gasteiger partial charge in [0, 0.05) is 18.1 Å². The standard InChI is InChI=1S/C15H21ClN2O4/c1-11(14(20)21)17-15(22)18(9-10-19)8-2-3-12-4-6-13(16)7-5-12/h4-7,11,19H,2-3,8-10H2,1H3,(H,17,22)(H,20,21)/t11-/m0/s1. The maximum Gasteiger partial charge on any atom is 0.325 e. The van der Waals surface area contributed by atoms with Crippen LogP contribution in [0.5, 0.6) is 0 Å². The highest BCUT2D eigenvalue weighted by molar-refractivity contribution is 6.30.